The Morgan fingerprint density at radius 1 is 1.05 bits per heavy atom. The van der Waals surface area contributed by atoms with Crippen LogP contribution in [-0.4, -0.2) is 34.4 Å². The number of hydrogen-bond donors (Lipinski definition) is 1. The molecular weight excluding hydrogens is 552 g/mol. The van der Waals surface area contributed by atoms with E-state index in [1.54, 1.807) is 43.3 Å². The summed E-state index contributed by atoms with van der Waals surface area (Å²) in [4.78, 5) is 45.7. The molecule has 2 heterocycles. The van der Waals surface area contributed by atoms with E-state index < -0.39 is 23.7 Å². The number of nitrogens with zero attached hydrogens (tertiary/aromatic N) is 2. The lowest BCUT2D eigenvalue weighted by Crippen LogP contribution is -2.29. The summed E-state index contributed by atoms with van der Waals surface area (Å²) in [5, 5.41) is 11.5. The molecule has 0 aliphatic carbocycles. The number of thiazole rings is 1. The standard InChI is InChI=1S/C33H28N2O6S/c1-4-17-40-32(39)30-21(3)34-33(42-30)35-27(24-11-8-12-25(18-24)41-19-22-9-6-5-7-10-22)26(29(37)31(35)38)28(36)23-15-13-20(2)14-16-23/h4-16,18,27,36H,1,17,19H2,2-3H3. The van der Waals surface area contributed by atoms with Gasteiger partial charge in [-0.1, -0.05) is 96.3 Å². The second kappa shape index (κ2) is 12.2. The first-order chi connectivity index (χ1) is 20.3. The summed E-state index contributed by atoms with van der Waals surface area (Å²) in [6.45, 7) is 7.42. The third kappa shape index (κ3) is 5.73. The van der Waals surface area contributed by atoms with Crippen molar-refractivity contribution in [2.24, 2.45) is 0 Å². The van der Waals surface area contributed by atoms with Crippen molar-refractivity contribution in [3.8, 4) is 5.75 Å². The number of carbonyl (C=O) groups excluding carboxylic acids is 3. The zero-order chi connectivity index (χ0) is 29.8. The molecule has 1 amide bonds. The van der Waals surface area contributed by atoms with Crippen molar-refractivity contribution < 1.29 is 29.0 Å². The smallest absolute Gasteiger partial charge is 0.350 e. The molecule has 8 nitrogen and oxygen atoms in total. The number of ether oxygens (including phenoxy) is 2. The number of rotatable bonds is 9. The fourth-order valence-corrected chi connectivity index (χ4v) is 5.59. The molecule has 3 aromatic carbocycles. The number of ketones is 1. The zero-order valence-corrected chi connectivity index (χ0v) is 23.9. The third-order valence-corrected chi connectivity index (χ3v) is 7.84. The number of benzene rings is 3. The van der Waals surface area contributed by atoms with E-state index in [1.807, 2.05) is 49.4 Å². The summed E-state index contributed by atoms with van der Waals surface area (Å²) >= 11 is 0.940. The van der Waals surface area contributed by atoms with Crippen LogP contribution in [0.4, 0.5) is 5.13 Å². The molecule has 1 saturated heterocycles. The Bertz CT molecular complexity index is 1690. The van der Waals surface area contributed by atoms with E-state index in [-0.39, 0.29) is 27.9 Å². The molecule has 1 aliphatic rings. The van der Waals surface area contributed by atoms with Crippen LogP contribution in [0, 0.1) is 13.8 Å². The highest BCUT2D eigenvalue weighted by Crippen LogP contribution is 2.44. The third-order valence-electron chi connectivity index (χ3n) is 6.70. The van der Waals surface area contributed by atoms with Gasteiger partial charge in [0.05, 0.1) is 17.3 Å². The maximum Gasteiger partial charge on any atom is 0.350 e. The predicted molar refractivity (Wildman–Crippen MR) is 161 cm³/mol. The molecule has 9 heteroatoms. The van der Waals surface area contributed by atoms with E-state index in [0.29, 0.717) is 29.2 Å². The van der Waals surface area contributed by atoms with Gasteiger partial charge < -0.3 is 14.6 Å². The highest BCUT2D eigenvalue weighted by Gasteiger charge is 2.48. The number of amides is 1. The molecular formula is C33H28N2O6S. The van der Waals surface area contributed by atoms with E-state index in [9.17, 15) is 19.5 Å². The van der Waals surface area contributed by atoms with Gasteiger partial charge >= 0.3 is 11.9 Å². The normalized spacial score (nSPS) is 16.0. The van der Waals surface area contributed by atoms with Crippen LogP contribution < -0.4 is 9.64 Å². The van der Waals surface area contributed by atoms with Crippen LogP contribution in [0.15, 0.2) is 97.1 Å². The average molecular weight is 581 g/mol. The number of carbonyl (C=O) groups is 3. The van der Waals surface area contributed by atoms with Gasteiger partial charge in [0.15, 0.2) is 5.13 Å². The van der Waals surface area contributed by atoms with Crippen molar-refractivity contribution in [1.29, 1.82) is 0 Å². The van der Waals surface area contributed by atoms with Gasteiger partial charge in [0.2, 0.25) is 0 Å². The molecule has 0 spiro atoms. The van der Waals surface area contributed by atoms with Gasteiger partial charge in [0.1, 0.15) is 29.6 Å². The first-order valence-corrected chi connectivity index (χ1v) is 14.0. The maximum absolute atomic E-state index is 13.6. The molecule has 1 atom stereocenters. The van der Waals surface area contributed by atoms with Gasteiger partial charge in [-0.2, -0.15) is 0 Å². The maximum atomic E-state index is 13.6. The summed E-state index contributed by atoms with van der Waals surface area (Å²) in [6, 6.07) is 22.6. The van der Waals surface area contributed by atoms with Crippen molar-refractivity contribution in [3.63, 3.8) is 0 Å². The second-order valence-electron chi connectivity index (χ2n) is 9.68. The number of aliphatic hydroxyl groups excluding tert-OH is 1. The minimum absolute atomic E-state index is 0.0162. The van der Waals surface area contributed by atoms with E-state index >= 15 is 0 Å². The van der Waals surface area contributed by atoms with Gasteiger partial charge in [-0.05, 0) is 37.1 Å². The largest absolute Gasteiger partial charge is 0.507 e. The van der Waals surface area contributed by atoms with E-state index in [4.69, 9.17) is 9.47 Å². The Morgan fingerprint density at radius 2 is 1.79 bits per heavy atom. The van der Waals surface area contributed by atoms with E-state index in [0.717, 1.165) is 22.5 Å². The van der Waals surface area contributed by atoms with Crippen LogP contribution in [0.1, 0.15) is 43.7 Å². The van der Waals surface area contributed by atoms with E-state index in [2.05, 4.69) is 11.6 Å². The Morgan fingerprint density at radius 3 is 2.50 bits per heavy atom. The molecule has 1 aliphatic heterocycles. The summed E-state index contributed by atoms with van der Waals surface area (Å²) in [5.74, 6) is -2.14. The van der Waals surface area contributed by atoms with Crippen LogP contribution in [0.3, 0.4) is 0 Å². The van der Waals surface area contributed by atoms with Gasteiger partial charge in [-0.3, -0.25) is 14.5 Å². The second-order valence-corrected chi connectivity index (χ2v) is 10.7. The molecule has 4 aromatic rings. The van der Waals surface area contributed by atoms with Crippen molar-refractivity contribution in [1.82, 2.24) is 4.98 Å². The SMILES string of the molecule is C=CCOC(=O)c1sc(N2C(=O)C(=O)C(=C(O)c3ccc(C)cc3)C2c2cccc(OCc3ccccc3)c2)nc1C. The lowest BCUT2D eigenvalue weighted by Gasteiger charge is -2.23. The monoisotopic (exact) mass is 580 g/mol. The average Bonchev–Trinajstić information content (AvgIpc) is 3.51. The molecule has 0 saturated carbocycles. The van der Waals surface area contributed by atoms with Crippen LogP contribution >= 0.6 is 11.3 Å². The molecule has 1 N–H and O–H groups in total. The molecule has 42 heavy (non-hydrogen) atoms. The summed E-state index contributed by atoms with van der Waals surface area (Å²) in [6.07, 6.45) is 1.45. The van der Waals surface area contributed by atoms with Crippen molar-refractivity contribution >= 4 is 39.9 Å². The zero-order valence-electron chi connectivity index (χ0n) is 23.1. The van der Waals surface area contributed by atoms with Crippen molar-refractivity contribution in [2.75, 3.05) is 11.5 Å². The fraction of sp³-hybridized carbons (Fsp3) is 0.152. The Balaban J connectivity index is 1.60. The van der Waals surface area contributed by atoms with Gasteiger partial charge in [0, 0.05) is 5.56 Å². The lowest BCUT2D eigenvalue weighted by molar-refractivity contribution is -0.132. The molecule has 5 rings (SSSR count). The minimum Gasteiger partial charge on any atom is -0.507 e. The number of Topliss-reactive ketones (excluding diaryl/α,β-unsaturated/α-hetero) is 1. The number of anilines is 1. The van der Waals surface area contributed by atoms with Gasteiger partial charge in [-0.15, -0.1) is 0 Å². The first-order valence-electron chi connectivity index (χ1n) is 13.2. The van der Waals surface area contributed by atoms with Crippen LogP contribution in [0.2, 0.25) is 0 Å². The fourth-order valence-electron chi connectivity index (χ4n) is 4.60. The number of aliphatic hydroxyl groups is 1. The summed E-state index contributed by atoms with van der Waals surface area (Å²) in [7, 11) is 0. The number of hydrogen-bond acceptors (Lipinski definition) is 8. The minimum atomic E-state index is -1.03. The molecule has 1 fully saturated rings. The number of aryl methyl sites for hydroxylation is 2. The van der Waals surface area contributed by atoms with Crippen LogP contribution in [0.25, 0.3) is 5.76 Å². The van der Waals surface area contributed by atoms with Crippen LogP contribution in [-0.2, 0) is 20.9 Å². The topological polar surface area (TPSA) is 106 Å². The molecule has 1 aromatic heterocycles. The Kier molecular flexibility index (Phi) is 8.31. The Hall–Kier alpha value is -5.02. The highest BCUT2D eigenvalue weighted by atomic mass is 32.1. The van der Waals surface area contributed by atoms with Crippen molar-refractivity contribution in [2.45, 2.75) is 26.5 Å². The summed E-state index contributed by atoms with van der Waals surface area (Å²) < 4.78 is 11.2. The van der Waals surface area contributed by atoms with Gasteiger partial charge in [-0.25, -0.2) is 9.78 Å². The van der Waals surface area contributed by atoms with E-state index in [1.165, 1.54) is 11.0 Å². The molecule has 1 unspecified atom stereocenters. The first kappa shape index (κ1) is 28.5. The Labute approximate surface area is 247 Å². The molecule has 0 radical (unpaired) electrons. The van der Waals surface area contributed by atoms with Gasteiger partial charge in [0.25, 0.3) is 5.78 Å². The molecule has 212 valence electrons. The lowest BCUT2D eigenvalue weighted by atomic mass is 9.95. The van der Waals surface area contributed by atoms with Crippen molar-refractivity contribution in [3.05, 3.63) is 130 Å². The number of aromatic nitrogens is 1. The van der Waals surface area contributed by atoms with Crippen LogP contribution in [0.5, 0.6) is 5.75 Å². The summed E-state index contributed by atoms with van der Waals surface area (Å²) in [5.41, 5.74) is 3.13. The quantitative estimate of drug-likeness (QED) is 0.0813. The number of esters is 1. The molecule has 0 bridgehead atoms. The highest BCUT2D eigenvalue weighted by molar-refractivity contribution is 7.17. The predicted octanol–water partition coefficient (Wildman–Crippen LogP) is 6.31.